The smallest absolute Gasteiger partial charge is 0.326 e. The lowest BCUT2D eigenvalue weighted by atomic mass is 9.81. The van der Waals surface area contributed by atoms with Gasteiger partial charge in [0.15, 0.2) is 0 Å². The van der Waals surface area contributed by atoms with E-state index >= 15 is 0 Å². The molecule has 1 atom stereocenters. The van der Waals surface area contributed by atoms with E-state index in [1.54, 1.807) is 12.1 Å². The van der Waals surface area contributed by atoms with Crippen LogP contribution in [0.4, 0.5) is 11.4 Å². The minimum Gasteiger partial charge on any atom is -0.480 e. The number of benzene rings is 2. The number of amides is 4. The maximum atomic E-state index is 12.9. The molecule has 234 valence electrons. The Balaban J connectivity index is 1.26. The molecule has 4 rings (SSSR count). The van der Waals surface area contributed by atoms with E-state index in [1.165, 1.54) is 29.2 Å². The molecule has 1 aliphatic carbocycles. The largest absolute Gasteiger partial charge is 0.480 e. The molecular weight excluding hydrogens is 607 g/mol. The lowest BCUT2D eigenvalue weighted by molar-refractivity contribution is -0.139. The summed E-state index contributed by atoms with van der Waals surface area (Å²) in [6.07, 6.45) is 5.45. The molecule has 0 radical (unpaired) electrons. The highest BCUT2D eigenvalue weighted by atomic mass is 35.5. The van der Waals surface area contributed by atoms with Crippen molar-refractivity contribution in [1.82, 2.24) is 10.2 Å². The molecule has 1 heterocycles. The van der Waals surface area contributed by atoms with Crippen molar-refractivity contribution in [3.8, 4) is 0 Å². The van der Waals surface area contributed by atoms with E-state index in [-0.39, 0.29) is 41.5 Å². The molecule has 0 bridgehead atoms. The highest BCUT2D eigenvalue weighted by molar-refractivity contribution is 6.18. The zero-order valence-corrected chi connectivity index (χ0v) is 25.7. The van der Waals surface area contributed by atoms with Crippen LogP contribution in [0.3, 0.4) is 0 Å². The Morgan fingerprint density at radius 3 is 2.02 bits per heavy atom. The van der Waals surface area contributed by atoms with Gasteiger partial charge >= 0.3 is 5.97 Å². The monoisotopic (exact) mass is 642 g/mol. The first-order valence-electron chi connectivity index (χ1n) is 14.6. The van der Waals surface area contributed by atoms with Gasteiger partial charge in [-0.15, -0.1) is 23.2 Å². The Morgan fingerprint density at radius 1 is 0.886 bits per heavy atom. The van der Waals surface area contributed by atoms with Crippen molar-refractivity contribution in [2.24, 2.45) is 11.8 Å². The standard InChI is InChI=1S/C32H36Cl2N4O6/c33-15-17-37(18-16-34)26-11-3-21(4-12-26)19-27(32(43)44)36-31(42)24-7-9-25(10-8-24)35-30(41)23-5-1-22(2-6-23)20-38-28(39)13-14-29(38)40/h3-4,7-14,22-23,27H,1-2,5-6,15-20H2,(H,35,41)(H,36,42)(H,43,44). The fourth-order valence-corrected chi connectivity index (χ4v) is 5.93. The number of halogens is 2. The molecule has 44 heavy (non-hydrogen) atoms. The van der Waals surface area contributed by atoms with E-state index in [0.717, 1.165) is 24.1 Å². The Kier molecular flexibility index (Phi) is 11.8. The molecule has 4 amide bonds. The van der Waals surface area contributed by atoms with Crippen LogP contribution in [0.5, 0.6) is 0 Å². The molecule has 1 aliphatic heterocycles. The lowest BCUT2D eigenvalue weighted by Gasteiger charge is -2.30. The van der Waals surface area contributed by atoms with Crippen LogP contribution in [0, 0.1) is 11.8 Å². The SMILES string of the molecule is O=C(NC(Cc1ccc(N(CCCl)CCCl)cc1)C(=O)O)c1ccc(NC(=O)C2CCC(CN3C(=O)C=CC3=O)CC2)cc1. The quantitative estimate of drug-likeness (QED) is 0.209. The number of imide groups is 1. The number of hydrogen-bond acceptors (Lipinski definition) is 6. The zero-order valence-electron chi connectivity index (χ0n) is 24.2. The van der Waals surface area contributed by atoms with E-state index in [4.69, 9.17) is 23.2 Å². The average Bonchev–Trinajstić information content (AvgIpc) is 3.33. The van der Waals surface area contributed by atoms with Crippen molar-refractivity contribution in [1.29, 1.82) is 0 Å². The third-order valence-corrected chi connectivity index (χ3v) is 8.37. The molecule has 0 aromatic heterocycles. The lowest BCUT2D eigenvalue weighted by Crippen LogP contribution is -2.42. The van der Waals surface area contributed by atoms with Crippen molar-refractivity contribution >= 4 is 64.2 Å². The van der Waals surface area contributed by atoms with Gasteiger partial charge in [0.25, 0.3) is 17.7 Å². The predicted octanol–water partition coefficient (Wildman–Crippen LogP) is 4.07. The summed E-state index contributed by atoms with van der Waals surface area (Å²) in [4.78, 5) is 64.6. The van der Waals surface area contributed by atoms with E-state index < -0.39 is 17.9 Å². The van der Waals surface area contributed by atoms with Crippen LogP contribution in [0.2, 0.25) is 0 Å². The molecule has 12 heteroatoms. The number of aliphatic carboxylic acids is 1. The molecule has 10 nitrogen and oxygen atoms in total. The number of hydrogen-bond donors (Lipinski definition) is 3. The first kappa shape index (κ1) is 33.0. The summed E-state index contributed by atoms with van der Waals surface area (Å²) in [7, 11) is 0. The van der Waals surface area contributed by atoms with Gasteiger partial charge in [0, 0.05) is 72.8 Å². The van der Waals surface area contributed by atoms with Crippen LogP contribution in [-0.4, -0.2) is 77.0 Å². The molecule has 2 aromatic rings. The zero-order chi connectivity index (χ0) is 31.6. The fraction of sp³-hybridized carbons (Fsp3) is 0.406. The molecule has 1 fully saturated rings. The molecule has 0 saturated heterocycles. The van der Waals surface area contributed by atoms with Crippen LogP contribution >= 0.6 is 23.2 Å². The number of carbonyl (C=O) groups is 5. The van der Waals surface area contributed by atoms with Crippen molar-refractivity contribution in [2.75, 3.05) is 41.6 Å². The number of anilines is 2. The summed E-state index contributed by atoms with van der Waals surface area (Å²) >= 11 is 11.8. The van der Waals surface area contributed by atoms with Crippen molar-refractivity contribution in [3.05, 3.63) is 71.8 Å². The van der Waals surface area contributed by atoms with Gasteiger partial charge in [0.2, 0.25) is 5.91 Å². The summed E-state index contributed by atoms with van der Waals surface area (Å²) in [6.45, 7) is 1.65. The number of alkyl halides is 2. The summed E-state index contributed by atoms with van der Waals surface area (Å²) in [5, 5.41) is 15.2. The molecule has 1 saturated carbocycles. The van der Waals surface area contributed by atoms with Gasteiger partial charge in [-0.3, -0.25) is 24.1 Å². The Labute approximate surface area is 266 Å². The summed E-state index contributed by atoms with van der Waals surface area (Å²) in [6, 6.07) is 12.6. The van der Waals surface area contributed by atoms with Crippen LogP contribution in [-0.2, 0) is 25.6 Å². The number of rotatable bonds is 14. The topological polar surface area (TPSA) is 136 Å². The predicted molar refractivity (Wildman–Crippen MR) is 169 cm³/mol. The maximum absolute atomic E-state index is 12.9. The molecule has 0 spiro atoms. The van der Waals surface area contributed by atoms with Crippen LogP contribution in [0.15, 0.2) is 60.7 Å². The molecule has 2 aliphatic rings. The third kappa shape index (κ3) is 8.83. The van der Waals surface area contributed by atoms with Crippen molar-refractivity contribution < 1.29 is 29.1 Å². The molecule has 3 N–H and O–H groups in total. The second-order valence-electron chi connectivity index (χ2n) is 11.0. The van der Waals surface area contributed by atoms with Gasteiger partial charge in [0.05, 0.1) is 0 Å². The van der Waals surface area contributed by atoms with Gasteiger partial charge in [-0.2, -0.15) is 0 Å². The minimum absolute atomic E-state index is 0.101. The highest BCUT2D eigenvalue weighted by Gasteiger charge is 2.31. The number of carboxylic acid groups (broad SMARTS) is 1. The van der Waals surface area contributed by atoms with Crippen LogP contribution in [0.1, 0.15) is 41.6 Å². The molecule has 1 unspecified atom stereocenters. The molecular formula is C32H36Cl2N4O6. The first-order chi connectivity index (χ1) is 21.2. The molecule has 2 aromatic carbocycles. The normalized spacial score (nSPS) is 18.6. The van der Waals surface area contributed by atoms with Gasteiger partial charge in [-0.05, 0) is 73.6 Å². The first-order valence-corrected chi connectivity index (χ1v) is 15.7. The number of carbonyl (C=O) groups excluding carboxylic acids is 4. The van der Waals surface area contributed by atoms with E-state index in [1.807, 2.05) is 29.2 Å². The summed E-state index contributed by atoms with van der Waals surface area (Å²) < 4.78 is 0. The van der Waals surface area contributed by atoms with Gasteiger partial charge < -0.3 is 20.6 Å². The summed E-state index contributed by atoms with van der Waals surface area (Å²) in [5.74, 6) is -1.50. The Bertz CT molecular complexity index is 1350. The minimum atomic E-state index is -1.15. The van der Waals surface area contributed by atoms with E-state index in [9.17, 15) is 29.1 Å². The summed E-state index contributed by atoms with van der Waals surface area (Å²) in [5.41, 5.74) is 2.47. The van der Waals surface area contributed by atoms with Gasteiger partial charge in [-0.1, -0.05) is 12.1 Å². The maximum Gasteiger partial charge on any atom is 0.326 e. The fourth-order valence-electron chi connectivity index (χ4n) is 5.52. The number of carboxylic acids is 1. The van der Waals surface area contributed by atoms with E-state index in [2.05, 4.69) is 10.6 Å². The van der Waals surface area contributed by atoms with Crippen molar-refractivity contribution in [2.45, 2.75) is 38.1 Å². The van der Waals surface area contributed by atoms with E-state index in [0.29, 0.717) is 49.9 Å². The second kappa shape index (κ2) is 15.7. The average molecular weight is 644 g/mol. The highest BCUT2D eigenvalue weighted by Crippen LogP contribution is 2.31. The van der Waals surface area contributed by atoms with Crippen LogP contribution in [0.25, 0.3) is 0 Å². The number of nitrogens with one attached hydrogen (secondary N) is 2. The van der Waals surface area contributed by atoms with Crippen molar-refractivity contribution in [3.63, 3.8) is 0 Å². The Morgan fingerprint density at radius 2 is 1.48 bits per heavy atom. The third-order valence-electron chi connectivity index (χ3n) is 8.03. The van der Waals surface area contributed by atoms with Crippen LogP contribution < -0.4 is 15.5 Å². The van der Waals surface area contributed by atoms with Gasteiger partial charge in [0.1, 0.15) is 6.04 Å². The van der Waals surface area contributed by atoms with Gasteiger partial charge in [-0.25, -0.2) is 4.79 Å². The number of nitrogens with zero attached hydrogens (tertiary/aromatic N) is 2. The Hall–Kier alpha value is -3.89. The second-order valence-corrected chi connectivity index (χ2v) is 11.8.